The summed E-state index contributed by atoms with van der Waals surface area (Å²) in [7, 11) is 0. The van der Waals surface area contributed by atoms with Gasteiger partial charge < -0.3 is 20.5 Å². The predicted molar refractivity (Wildman–Crippen MR) is 103 cm³/mol. The van der Waals surface area contributed by atoms with Crippen molar-refractivity contribution in [2.24, 2.45) is 5.92 Å². The molecule has 0 fully saturated rings. The molecule has 3 aromatic rings. The molecule has 1 aromatic heterocycles. The van der Waals surface area contributed by atoms with Gasteiger partial charge in [-0.25, -0.2) is 4.39 Å². The Bertz CT molecular complexity index is 1030. The lowest BCUT2D eigenvalue weighted by atomic mass is 9.97. The Labute approximate surface area is 165 Å². The monoisotopic (exact) mass is 395 g/mol. The highest BCUT2D eigenvalue weighted by atomic mass is 19.1. The van der Waals surface area contributed by atoms with Crippen LogP contribution in [0.1, 0.15) is 11.4 Å². The topological polar surface area (TPSA) is 112 Å². The van der Waals surface area contributed by atoms with Gasteiger partial charge in [0.2, 0.25) is 11.9 Å². The number of rotatable bonds is 5. The molecule has 0 amide bonds. The van der Waals surface area contributed by atoms with Gasteiger partial charge in [0.15, 0.2) is 12.4 Å². The van der Waals surface area contributed by atoms with Crippen LogP contribution in [0.3, 0.4) is 0 Å². The van der Waals surface area contributed by atoms with Crippen LogP contribution in [0, 0.1) is 11.7 Å². The van der Waals surface area contributed by atoms with Crippen LogP contribution in [0.25, 0.3) is 0 Å². The lowest BCUT2D eigenvalue weighted by Gasteiger charge is -2.23. The van der Waals surface area contributed by atoms with Crippen LogP contribution in [-0.2, 0) is 22.6 Å². The van der Waals surface area contributed by atoms with Crippen molar-refractivity contribution in [3.8, 4) is 5.75 Å². The van der Waals surface area contributed by atoms with Crippen LogP contribution in [0.5, 0.6) is 5.75 Å². The maximum atomic E-state index is 13.0. The summed E-state index contributed by atoms with van der Waals surface area (Å²) in [5, 5.41) is 2.90. The van der Waals surface area contributed by atoms with Crippen LogP contribution < -0.4 is 15.8 Å². The molecule has 0 unspecified atom stereocenters. The second-order valence-corrected chi connectivity index (χ2v) is 6.49. The lowest BCUT2D eigenvalue weighted by molar-refractivity contribution is -0.151. The van der Waals surface area contributed by atoms with Gasteiger partial charge in [0.1, 0.15) is 18.2 Å². The number of ether oxygens (including phenoxy) is 2. The average Bonchev–Trinajstić information content (AvgIpc) is 2.73. The Morgan fingerprint density at radius 2 is 1.97 bits per heavy atom. The van der Waals surface area contributed by atoms with E-state index in [9.17, 15) is 9.18 Å². The second-order valence-electron chi connectivity index (χ2n) is 6.49. The number of nitrogens with two attached hydrogens (primary N) is 1. The molecule has 0 bridgehead atoms. The number of halogens is 1. The van der Waals surface area contributed by atoms with Gasteiger partial charge in [-0.05, 0) is 42.3 Å². The van der Waals surface area contributed by atoms with Gasteiger partial charge in [-0.3, -0.25) is 4.79 Å². The van der Waals surface area contributed by atoms with E-state index in [-0.39, 0.29) is 36.8 Å². The Hall–Kier alpha value is -3.75. The van der Waals surface area contributed by atoms with Gasteiger partial charge in [-0.1, -0.05) is 18.2 Å². The molecule has 2 heterocycles. The number of hydrogen-bond donors (Lipinski definition) is 2. The van der Waals surface area contributed by atoms with Gasteiger partial charge in [-0.15, -0.1) is 0 Å². The van der Waals surface area contributed by atoms with E-state index in [4.69, 9.17) is 15.2 Å². The van der Waals surface area contributed by atoms with Crippen molar-refractivity contribution >= 4 is 23.6 Å². The molecular formula is C20H18FN5O3. The molecule has 0 aliphatic carbocycles. The van der Waals surface area contributed by atoms with E-state index in [2.05, 4.69) is 20.3 Å². The molecule has 2 aromatic carbocycles. The molecule has 1 aliphatic heterocycles. The summed E-state index contributed by atoms with van der Waals surface area (Å²) in [6, 6.07) is 13.3. The van der Waals surface area contributed by atoms with Crippen LogP contribution in [0.15, 0.2) is 48.5 Å². The highest BCUT2D eigenvalue weighted by molar-refractivity contribution is 5.73. The molecule has 8 nitrogen and oxygen atoms in total. The van der Waals surface area contributed by atoms with Crippen molar-refractivity contribution in [1.82, 2.24) is 15.0 Å². The molecule has 29 heavy (non-hydrogen) atoms. The lowest BCUT2D eigenvalue weighted by Crippen LogP contribution is -2.29. The fourth-order valence-corrected chi connectivity index (χ4v) is 2.95. The third-order valence-electron chi connectivity index (χ3n) is 4.36. The van der Waals surface area contributed by atoms with E-state index in [1.807, 2.05) is 24.3 Å². The molecule has 0 saturated heterocycles. The quantitative estimate of drug-likeness (QED) is 0.634. The van der Waals surface area contributed by atoms with E-state index in [0.717, 1.165) is 11.3 Å². The van der Waals surface area contributed by atoms with Gasteiger partial charge >= 0.3 is 5.97 Å². The number of aromatic nitrogens is 3. The van der Waals surface area contributed by atoms with Crippen molar-refractivity contribution in [3.05, 3.63) is 65.7 Å². The molecule has 0 radical (unpaired) electrons. The summed E-state index contributed by atoms with van der Waals surface area (Å²) in [6.07, 6.45) is 0.547. The number of anilines is 3. The number of esters is 1. The van der Waals surface area contributed by atoms with Crippen molar-refractivity contribution in [1.29, 1.82) is 0 Å². The van der Waals surface area contributed by atoms with Gasteiger partial charge in [-0.2, -0.15) is 15.0 Å². The largest absolute Gasteiger partial charge is 0.492 e. The number of carbonyl (C=O) groups excluding carboxylic acids is 1. The molecule has 3 N–H and O–H groups in total. The number of hydrogen-bond acceptors (Lipinski definition) is 8. The summed E-state index contributed by atoms with van der Waals surface area (Å²) in [5.74, 6) is -0.0124. The second kappa shape index (κ2) is 8.09. The van der Waals surface area contributed by atoms with Gasteiger partial charge in [0.05, 0.1) is 5.92 Å². The Kier molecular flexibility index (Phi) is 5.19. The highest BCUT2D eigenvalue weighted by Gasteiger charge is 2.27. The molecule has 1 atom stereocenters. The van der Waals surface area contributed by atoms with Crippen LogP contribution >= 0.6 is 0 Å². The summed E-state index contributed by atoms with van der Waals surface area (Å²) < 4.78 is 24.0. The molecular weight excluding hydrogens is 377 g/mol. The number of fused-ring (bicyclic) bond motifs is 1. The van der Waals surface area contributed by atoms with E-state index in [1.54, 1.807) is 0 Å². The Morgan fingerprint density at radius 1 is 1.17 bits per heavy atom. The number of para-hydroxylation sites is 1. The zero-order chi connectivity index (χ0) is 20.2. The first-order valence-electron chi connectivity index (χ1n) is 8.97. The molecule has 9 heteroatoms. The predicted octanol–water partition coefficient (Wildman–Crippen LogP) is 2.63. The summed E-state index contributed by atoms with van der Waals surface area (Å²) >= 11 is 0. The van der Waals surface area contributed by atoms with Crippen molar-refractivity contribution in [3.63, 3.8) is 0 Å². The molecule has 0 saturated carbocycles. The van der Waals surface area contributed by atoms with E-state index in [0.29, 0.717) is 12.1 Å². The maximum absolute atomic E-state index is 13.0. The van der Waals surface area contributed by atoms with Gasteiger partial charge in [0.25, 0.3) is 0 Å². The first-order chi connectivity index (χ1) is 14.1. The highest BCUT2D eigenvalue weighted by Crippen LogP contribution is 2.27. The van der Waals surface area contributed by atoms with Crippen molar-refractivity contribution in [2.45, 2.75) is 13.0 Å². The van der Waals surface area contributed by atoms with Gasteiger partial charge in [0, 0.05) is 5.69 Å². The van der Waals surface area contributed by atoms with Crippen LogP contribution in [-0.4, -0.2) is 27.5 Å². The molecule has 0 spiro atoms. The maximum Gasteiger partial charge on any atom is 0.313 e. The summed E-state index contributed by atoms with van der Waals surface area (Å²) in [6.45, 7) is 0.106. The van der Waals surface area contributed by atoms with E-state index in [1.165, 1.54) is 24.3 Å². The average molecular weight is 395 g/mol. The minimum atomic E-state index is -0.402. The van der Waals surface area contributed by atoms with E-state index < -0.39 is 11.9 Å². The number of nitrogens with one attached hydrogen (secondary N) is 1. The summed E-state index contributed by atoms with van der Waals surface area (Å²) in [4.78, 5) is 24.6. The Balaban J connectivity index is 1.39. The fraction of sp³-hybridized carbons (Fsp3) is 0.200. The minimum absolute atomic E-state index is 0.0226. The summed E-state index contributed by atoms with van der Waals surface area (Å²) in [5.41, 5.74) is 7.27. The third kappa shape index (κ3) is 4.57. The SMILES string of the molecule is Nc1nc(COC(=O)[C@@H]2COc3ccccc3C2)nc(Nc2ccc(F)cc2)n1. The fourth-order valence-electron chi connectivity index (χ4n) is 2.95. The van der Waals surface area contributed by atoms with E-state index >= 15 is 0 Å². The van der Waals surface area contributed by atoms with Crippen LogP contribution in [0.2, 0.25) is 0 Å². The normalized spacial score (nSPS) is 15.1. The zero-order valence-electron chi connectivity index (χ0n) is 15.3. The minimum Gasteiger partial charge on any atom is -0.492 e. The van der Waals surface area contributed by atoms with Crippen molar-refractivity contribution in [2.75, 3.05) is 17.7 Å². The first kappa shape index (κ1) is 18.6. The van der Waals surface area contributed by atoms with Crippen molar-refractivity contribution < 1.29 is 18.7 Å². The molecule has 1 aliphatic rings. The first-order valence-corrected chi connectivity index (χ1v) is 8.97. The standard InChI is InChI=1S/C20H18FN5O3/c21-14-5-7-15(8-6-14)23-20-25-17(24-19(22)26-20)11-29-18(27)13-9-12-3-1-2-4-16(12)28-10-13/h1-8,13H,9-11H2,(H3,22,23,24,25,26)/t13-/m0/s1. The number of carbonyl (C=O) groups is 1. The smallest absolute Gasteiger partial charge is 0.313 e. The number of nitrogens with zero attached hydrogens (tertiary/aromatic N) is 3. The molecule has 4 rings (SSSR count). The Morgan fingerprint density at radius 3 is 2.79 bits per heavy atom. The zero-order valence-corrected chi connectivity index (χ0v) is 15.3. The number of nitrogen functional groups attached to an aromatic ring is 1. The third-order valence-corrected chi connectivity index (χ3v) is 4.36. The van der Waals surface area contributed by atoms with Crippen LogP contribution in [0.4, 0.5) is 22.0 Å². The molecule has 148 valence electrons. The number of benzene rings is 2.